The first-order valence-corrected chi connectivity index (χ1v) is 2.93. The summed E-state index contributed by atoms with van der Waals surface area (Å²) in [6, 6.07) is 0. The molecule has 0 unspecified atom stereocenters. The van der Waals surface area contributed by atoms with E-state index < -0.39 is 0 Å². The van der Waals surface area contributed by atoms with Crippen molar-refractivity contribution in [3.05, 3.63) is 6.42 Å². The monoisotopic (exact) mass is 109 g/mol. The molecule has 0 atom stereocenters. The first-order chi connectivity index (χ1) is 3.93. The minimum atomic E-state index is 0.378. The van der Waals surface area contributed by atoms with Crippen molar-refractivity contribution in [3.8, 4) is 5.92 Å². The van der Waals surface area contributed by atoms with Gasteiger partial charge in [-0.05, 0) is 19.3 Å². The lowest BCUT2D eigenvalue weighted by Crippen LogP contribution is -2.13. The van der Waals surface area contributed by atoms with Crippen molar-refractivity contribution in [1.29, 1.82) is 0 Å². The van der Waals surface area contributed by atoms with Gasteiger partial charge in [-0.2, -0.15) is 0 Å². The molecule has 1 heterocycles. The predicted molar refractivity (Wildman–Crippen MR) is 30.7 cm³/mol. The van der Waals surface area contributed by atoms with E-state index in [0.717, 1.165) is 26.1 Å². The Hall–Kier alpha value is -0.480. The molecule has 1 aliphatic rings. The summed E-state index contributed by atoms with van der Waals surface area (Å²) >= 11 is 0. The van der Waals surface area contributed by atoms with Crippen molar-refractivity contribution >= 4 is 0 Å². The molecule has 1 radical (unpaired) electrons. The fourth-order valence-electron chi connectivity index (χ4n) is 0.842. The van der Waals surface area contributed by atoms with E-state index in [4.69, 9.17) is 11.2 Å². The second-order valence-electron chi connectivity index (χ2n) is 2.03. The van der Waals surface area contributed by atoms with Gasteiger partial charge in [-0.1, -0.05) is 5.92 Å². The molecule has 0 N–H and O–H groups in total. The molecule has 1 aliphatic heterocycles. The molecule has 0 aliphatic carbocycles. The van der Waals surface area contributed by atoms with Crippen LogP contribution in [0, 0.1) is 18.3 Å². The number of hydrogen-bond acceptors (Lipinski definition) is 1. The standard InChI is InChI=1S/C7H9O/c1-2-7-3-5-8-6-4-7/h7H,3-6H2. The van der Waals surface area contributed by atoms with Gasteiger partial charge in [-0.15, -0.1) is 0 Å². The summed E-state index contributed by atoms with van der Waals surface area (Å²) in [7, 11) is 0. The molecule has 1 nitrogen and oxygen atoms in total. The van der Waals surface area contributed by atoms with E-state index in [9.17, 15) is 0 Å². The summed E-state index contributed by atoms with van der Waals surface area (Å²) in [5.74, 6) is 2.85. The number of ether oxygens (including phenoxy) is 1. The van der Waals surface area contributed by atoms with Crippen molar-refractivity contribution in [3.63, 3.8) is 0 Å². The van der Waals surface area contributed by atoms with Crippen LogP contribution in [0.25, 0.3) is 0 Å². The summed E-state index contributed by atoms with van der Waals surface area (Å²) < 4.78 is 5.08. The highest BCUT2D eigenvalue weighted by molar-refractivity contribution is 4.87. The maximum Gasteiger partial charge on any atom is 0.0477 e. The van der Waals surface area contributed by atoms with Crippen LogP contribution in [-0.4, -0.2) is 13.2 Å². The van der Waals surface area contributed by atoms with Gasteiger partial charge in [-0.25, -0.2) is 0 Å². The van der Waals surface area contributed by atoms with Crippen LogP contribution in [0.15, 0.2) is 0 Å². The first-order valence-electron chi connectivity index (χ1n) is 2.93. The summed E-state index contributed by atoms with van der Waals surface area (Å²) in [4.78, 5) is 0. The second kappa shape index (κ2) is 2.74. The minimum Gasteiger partial charge on any atom is -0.381 e. The van der Waals surface area contributed by atoms with Gasteiger partial charge in [0.25, 0.3) is 0 Å². The average Bonchev–Trinajstić information content (AvgIpc) is 1.90. The van der Waals surface area contributed by atoms with E-state index >= 15 is 0 Å². The van der Waals surface area contributed by atoms with Crippen LogP contribution < -0.4 is 0 Å². The zero-order valence-electron chi connectivity index (χ0n) is 4.81. The lowest BCUT2D eigenvalue weighted by atomic mass is 10.0. The molecular formula is C7H9O. The molecule has 0 saturated carbocycles. The molecule has 43 valence electrons. The maximum atomic E-state index is 6.79. The number of rotatable bonds is 0. The average molecular weight is 109 g/mol. The normalized spacial score (nSPS) is 22.4. The van der Waals surface area contributed by atoms with Crippen LogP contribution in [0.2, 0.25) is 0 Å². The highest BCUT2D eigenvalue weighted by atomic mass is 16.5. The van der Waals surface area contributed by atoms with Crippen molar-refractivity contribution < 1.29 is 4.74 Å². The third-order valence-electron chi connectivity index (χ3n) is 1.43. The van der Waals surface area contributed by atoms with Crippen molar-refractivity contribution in [2.45, 2.75) is 12.8 Å². The van der Waals surface area contributed by atoms with E-state index in [0.29, 0.717) is 5.92 Å². The summed E-state index contributed by atoms with van der Waals surface area (Å²) in [6.07, 6.45) is 8.77. The fraction of sp³-hybridized carbons (Fsp3) is 0.714. The molecule has 1 heteroatoms. The Morgan fingerprint density at radius 3 is 2.38 bits per heavy atom. The van der Waals surface area contributed by atoms with E-state index in [2.05, 4.69) is 5.92 Å². The Labute approximate surface area is 50.0 Å². The Balaban J connectivity index is 2.25. The quantitative estimate of drug-likeness (QED) is 0.422. The van der Waals surface area contributed by atoms with Gasteiger partial charge < -0.3 is 4.74 Å². The Kier molecular flexibility index (Phi) is 1.93. The van der Waals surface area contributed by atoms with Gasteiger partial charge in [0.2, 0.25) is 0 Å². The molecular weight excluding hydrogens is 100 g/mol. The molecule has 8 heavy (non-hydrogen) atoms. The smallest absolute Gasteiger partial charge is 0.0477 e. The molecule has 1 fully saturated rings. The Morgan fingerprint density at radius 2 is 2.00 bits per heavy atom. The van der Waals surface area contributed by atoms with E-state index in [1.165, 1.54) is 0 Å². The third-order valence-corrected chi connectivity index (χ3v) is 1.43. The Morgan fingerprint density at radius 1 is 1.38 bits per heavy atom. The van der Waals surface area contributed by atoms with E-state index in [-0.39, 0.29) is 0 Å². The summed E-state index contributed by atoms with van der Waals surface area (Å²) in [6.45, 7) is 1.63. The topological polar surface area (TPSA) is 9.23 Å². The van der Waals surface area contributed by atoms with Crippen molar-refractivity contribution in [1.82, 2.24) is 0 Å². The largest absolute Gasteiger partial charge is 0.381 e. The van der Waals surface area contributed by atoms with Gasteiger partial charge in [0, 0.05) is 19.1 Å². The van der Waals surface area contributed by atoms with Gasteiger partial charge in [-0.3, -0.25) is 0 Å². The minimum absolute atomic E-state index is 0.378. The molecule has 0 aromatic heterocycles. The summed E-state index contributed by atoms with van der Waals surface area (Å²) in [5.41, 5.74) is 0. The van der Waals surface area contributed by atoms with E-state index in [1.54, 1.807) is 0 Å². The second-order valence-corrected chi connectivity index (χ2v) is 2.03. The zero-order chi connectivity index (χ0) is 5.82. The summed E-state index contributed by atoms with van der Waals surface area (Å²) in [5, 5.41) is 0. The molecule has 0 aromatic carbocycles. The van der Waals surface area contributed by atoms with Crippen LogP contribution in [0.1, 0.15) is 12.8 Å². The van der Waals surface area contributed by atoms with Crippen LogP contribution >= 0.6 is 0 Å². The fourth-order valence-corrected chi connectivity index (χ4v) is 0.842. The van der Waals surface area contributed by atoms with Gasteiger partial charge in [0.1, 0.15) is 0 Å². The lowest BCUT2D eigenvalue weighted by molar-refractivity contribution is 0.0806. The zero-order valence-corrected chi connectivity index (χ0v) is 4.81. The maximum absolute atomic E-state index is 6.79. The molecule has 0 spiro atoms. The molecule has 0 aromatic rings. The highest BCUT2D eigenvalue weighted by Gasteiger charge is 2.09. The van der Waals surface area contributed by atoms with Crippen LogP contribution in [0.4, 0.5) is 0 Å². The predicted octanol–water partition coefficient (Wildman–Crippen LogP) is 1.00. The van der Waals surface area contributed by atoms with Crippen LogP contribution in [0.5, 0.6) is 0 Å². The van der Waals surface area contributed by atoms with Gasteiger partial charge in [0.05, 0.1) is 0 Å². The molecule has 1 rings (SSSR count). The number of hydrogen-bond donors (Lipinski definition) is 0. The van der Waals surface area contributed by atoms with Crippen LogP contribution in [-0.2, 0) is 4.74 Å². The van der Waals surface area contributed by atoms with Gasteiger partial charge in [0.15, 0.2) is 0 Å². The first kappa shape index (κ1) is 5.65. The van der Waals surface area contributed by atoms with Gasteiger partial charge >= 0.3 is 0 Å². The highest BCUT2D eigenvalue weighted by Crippen LogP contribution is 2.12. The molecule has 1 saturated heterocycles. The lowest BCUT2D eigenvalue weighted by Gasteiger charge is -2.15. The van der Waals surface area contributed by atoms with Crippen molar-refractivity contribution in [2.24, 2.45) is 5.92 Å². The Bertz CT molecular complexity index is 95.4. The third kappa shape index (κ3) is 1.24. The van der Waals surface area contributed by atoms with Crippen LogP contribution in [0.3, 0.4) is 0 Å². The van der Waals surface area contributed by atoms with E-state index in [1.807, 2.05) is 0 Å². The van der Waals surface area contributed by atoms with Crippen molar-refractivity contribution in [2.75, 3.05) is 13.2 Å². The molecule has 0 amide bonds. The SMILES string of the molecule is [C]#CC1CCOCC1. The molecule has 0 bridgehead atoms.